The van der Waals surface area contributed by atoms with Crippen LogP contribution >= 0.6 is 11.3 Å². The van der Waals surface area contributed by atoms with Gasteiger partial charge in [0.05, 0.1) is 29.6 Å². The van der Waals surface area contributed by atoms with Crippen molar-refractivity contribution in [3.63, 3.8) is 0 Å². The first-order valence-corrected chi connectivity index (χ1v) is 11.5. The third kappa shape index (κ3) is 5.18. The summed E-state index contributed by atoms with van der Waals surface area (Å²) >= 11 is 1.33. The Hall–Kier alpha value is -3.92. The summed E-state index contributed by atoms with van der Waals surface area (Å²) in [6.07, 6.45) is 6.54. The second kappa shape index (κ2) is 9.92. The lowest BCUT2D eigenvalue weighted by Crippen LogP contribution is -2.34. The summed E-state index contributed by atoms with van der Waals surface area (Å²) < 4.78 is 5.41. The van der Waals surface area contributed by atoms with E-state index in [9.17, 15) is 4.79 Å². The molecule has 2 amide bonds. The molecular weight excluding hydrogens is 450 g/mol. The van der Waals surface area contributed by atoms with Gasteiger partial charge in [-0.3, -0.25) is 10.3 Å². The van der Waals surface area contributed by atoms with Crippen LogP contribution in [0.15, 0.2) is 43.0 Å². The van der Waals surface area contributed by atoms with Gasteiger partial charge in [0, 0.05) is 30.2 Å². The van der Waals surface area contributed by atoms with Crippen LogP contribution in [0.2, 0.25) is 0 Å². The summed E-state index contributed by atoms with van der Waals surface area (Å²) in [5, 5.41) is 6.03. The van der Waals surface area contributed by atoms with Gasteiger partial charge in [0.25, 0.3) is 0 Å². The SMILES string of the molecule is COc1cc(C)c(-c2cc(-c3cnc(NC(=O)NC(C)C)s3)nc(-c3cnccn3)n2)c(C)c1. The highest BCUT2D eigenvalue weighted by Crippen LogP contribution is 2.35. The molecule has 0 bridgehead atoms. The third-order valence-corrected chi connectivity index (χ3v) is 5.85. The summed E-state index contributed by atoms with van der Waals surface area (Å²) in [5.74, 6) is 1.25. The molecular formula is C24H25N7O2S. The predicted molar refractivity (Wildman–Crippen MR) is 133 cm³/mol. The number of rotatable bonds is 6. The number of amides is 2. The standard InChI is InChI=1S/C24H25N7O2S/c1-13(2)28-23(32)31-24-27-12-20(34-24)17-10-18(21-14(3)8-16(33-5)9-15(21)4)30-22(29-17)19-11-25-6-7-26-19/h6-13H,1-5H3,(H2,27,28,31,32). The number of carbonyl (C=O) groups excluding carboxylic acids is 1. The largest absolute Gasteiger partial charge is 0.497 e. The van der Waals surface area contributed by atoms with E-state index in [1.165, 1.54) is 11.3 Å². The molecule has 0 spiro atoms. The van der Waals surface area contributed by atoms with Crippen molar-refractivity contribution in [1.29, 1.82) is 0 Å². The van der Waals surface area contributed by atoms with Crippen LogP contribution in [0.25, 0.3) is 33.3 Å². The number of aryl methyl sites for hydroxylation is 2. The van der Waals surface area contributed by atoms with Crippen LogP contribution in [-0.2, 0) is 0 Å². The van der Waals surface area contributed by atoms with Crippen LogP contribution in [-0.4, -0.2) is 44.1 Å². The summed E-state index contributed by atoms with van der Waals surface area (Å²) in [6, 6.07) is 5.61. The molecule has 4 aromatic rings. The zero-order chi connectivity index (χ0) is 24.2. The van der Waals surface area contributed by atoms with E-state index in [4.69, 9.17) is 14.7 Å². The smallest absolute Gasteiger partial charge is 0.321 e. The van der Waals surface area contributed by atoms with Crippen LogP contribution in [0.3, 0.4) is 0 Å². The van der Waals surface area contributed by atoms with Crippen molar-refractivity contribution in [1.82, 2.24) is 30.2 Å². The number of benzene rings is 1. The topological polar surface area (TPSA) is 115 Å². The number of thiazole rings is 1. The van der Waals surface area contributed by atoms with Gasteiger partial charge < -0.3 is 10.1 Å². The summed E-state index contributed by atoms with van der Waals surface area (Å²) in [6.45, 7) is 7.84. The van der Waals surface area contributed by atoms with Gasteiger partial charge >= 0.3 is 6.03 Å². The molecule has 1 aromatic carbocycles. The maximum absolute atomic E-state index is 12.1. The van der Waals surface area contributed by atoms with Crippen molar-refractivity contribution in [2.45, 2.75) is 33.7 Å². The number of methoxy groups -OCH3 is 1. The molecule has 174 valence electrons. The van der Waals surface area contributed by atoms with E-state index in [2.05, 4.69) is 25.6 Å². The van der Waals surface area contributed by atoms with Gasteiger partial charge in [-0.2, -0.15) is 0 Å². The summed E-state index contributed by atoms with van der Waals surface area (Å²) in [4.78, 5) is 35.3. The van der Waals surface area contributed by atoms with Crippen LogP contribution in [0, 0.1) is 13.8 Å². The molecule has 0 unspecified atom stereocenters. The van der Waals surface area contributed by atoms with Crippen molar-refractivity contribution in [2.75, 3.05) is 12.4 Å². The molecule has 9 nitrogen and oxygen atoms in total. The number of hydrogen-bond acceptors (Lipinski definition) is 8. The molecule has 4 rings (SSSR count). The number of nitrogens with zero attached hydrogens (tertiary/aromatic N) is 5. The Morgan fingerprint density at radius 1 is 0.971 bits per heavy atom. The number of ether oxygens (including phenoxy) is 1. The molecule has 0 radical (unpaired) electrons. The number of nitrogens with one attached hydrogen (secondary N) is 2. The minimum Gasteiger partial charge on any atom is -0.497 e. The summed E-state index contributed by atoms with van der Waals surface area (Å²) in [5.41, 5.74) is 5.05. The molecule has 3 aromatic heterocycles. The average Bonchev–Trinajstić information content (AvgIpc) is 3.26. The molecule has 34 heavy (non-hydrogen) atoms. The van der Waals surface area contributed by atoms with Gasteiger partial charge in [-0.05, 0) is 57.0 Å². The maximum atomic E-state index is 12.1. The second-order valence-corrected chi connectivity index (χ2v) is 9.00. The first-order valence-electron chi connectivity index (χ1n) is 10.7. The minimum atomic E-state index is -0.302. The first-order chi connectivity index (χ1) is 16.3. The Kier molecular flexibility index (Phi) is 6.78. The van der Waals surface area contributed by atoms with Gasteiger partial charge in [0.1, 0.15) is 11.4 Å². The number of carbonyl (C=O) groups is 1. The highest BCUT2D eigenvalue weighted by Gasteiger charge is 2.17. The molecule has 0 aliphatic carbocycles. The second-order valence-electron chi connectivity index (χ2n) is 7.97. The fourth-order valence-electron chi connectivity index (χ4n) is 3.52. The Balaban J connectivity index is 1.80. The van der Waals surface area contributed by atoms with Crippen molar-refractivity contribution >= 4 is 22.5 Å². The fourth-order valence-corrected chi connectivity index (χ4v) is 4.29. The highest BCUT2D eigenvalue weighted by molar-refractivity contribution is 7.19. The molecule has 0 fully saturated rings. The number of aromatic nitrogens is 5. The van der Waals surface area contributed by atoms with E-state index in [0.29, 0.717) is 22.3 Å². The van der Waals surface area contributed by atoms with Gasteiger partial charge in [0.15, 0.2) is 11.0 Å². The minimum absolute atomic E-state index is 0.0226. The quantitative estimate of drug-likeness (QED) is 0.408. The fraction of sp³-hybridized carbons (Fsp3) is 0.250. The van der Waals surface area contributed by atoms with E-state index < -0.39 is 0 Å². The normalized spacial score (nSPS) is 10.9. The monoisotopic (exact) mass is 475 g/mol. The lowest BCUT2D eigenvalue weighted by atomic mass is 9.98. The molecule has 0 saturated carbocycles. The van der Waals surface area contributed by atoms with Crippen LogP contribution < -0.4 is 15.4 Å². The van der Waals surface area contributed by atoms with Gasteiger partial charge in [-0.25, -0.2) is 24.7 Å². The third-order valence-electron chi connectivity index (χ3n) is 4.91. The predicted octanol–water partition coefficient (Wildman–Crippen LogP) is 4.88. The molecule has 2 N–H and O–H groups in total. The average molecular weight is 476 g/mol. The molecule has 3 heterocycles. The lowest BCUT2D eigenvalue weighted by Gasteiger charge is -2.13. The Labute approximate surface area is 201 Å². The van der Waals surface area contributed by atoms with Crippen molar-refractivity contribution in [2.24, 2.45) is 0 Å². The van der Waals surface area contributed by atoms with Crippen LogP contribution in [0.4, 0.5) is 9.93 Å². The van der Waals surface area contributed by atoms with Gasteiger partial charge in [-0.1, -0.05) is 11.3 Å². The number of anilines is 1. The van der Waals surface area contributed by atoms with Gasteiger partial charge in [-0.15, -0.1) is 0 Å². The molecule has 0 saturated heterocycles. The van der Waals surface area contributed by atoms with Crippen LogP contribution in [0.1, 0.15) is 25.0 Å². The Morgan fingerprint density at radius 3 is 2.35 bits per heavy atom. The first kappa shape index (κ1) is 23.2. The number of urea groups is 1. The van der Waals surface area contributed by atoms with Crippen molar-refractivity contribution in [3.8, 4) is 39.1 Å². The van der Waals surface area contributed by atoms with Crippen LogP contribution in [0.5, 0.6) is 5.75 Å². The summed E-state index contributed by atoms with van der Waals surface area (Å²) in [7, 11) is 1.65. The number of hydrogen-bond donors (Lipinski definition) is 2. The highest BCUT2D eigenvalue weighted by atomic mass is 32.1. The van der Waals surface area contributed by atoms with E-state index in [1.807, 2.05) is 45.9 Å². The van der Waals surface area contributed by atoms with E-state index in [0.717, 1.165) is 33.0 Å². The van der Waals surface area contributed by atoms with E-state index in [1.54, 1.807) is 31.9 Å². The lowest BCUT2D eigenvalue weighted by molar-refractivity contribution is 0.250. The molecule has 0 atom stereocenters. The zero-order valence-corrected chi connectivity index (χ0v) is 20.4. The van der Waals surface area contributed by atoms with Gasteiger partial charge in [0.2, 0.25) is 0 Å². The zero-order valence-electron chi connectivity index (χ0n) is 19.6. The molecule has 0 aliphatic rings. The maximum Gasteiger partial charge on any atom is 0.321 e. The Morgan fingerprint density at radius 2 is 1.71 bits per heavy atom. The molecule has 0 aliphatic heterocycles. The van der Waals surface area contributed by atoms with Crippen molar-refractivity contribution in [3.05, 3.63) is 54.1 Å². The van der Waals surface area contributed by atoms with E-state index >= 15 is 0 Å². The Bertz CT molecular complexity index is 1300. The molecule has 10 heteroatoms. The van der Waals surface area contributed by atoms with E-state index in [-0.39, 0.29) is 12.1 Å². The van der Waals surface area contributed by atoms with Crippen molar-refractivity contribution < 1.29 is 9.53 Å².